The van der Waals surface area contributed by atoms with Crippen LogP contribution in [0.1, 0.15) is 47.0 Å². The highest BCUT2D eigenvalue weighted by atomic mass is 16.5. The molecule has 0 saturated carbocycles. The lowest BCUT2D eigenvalue weighted by Crippen LogP contribution is -2.44. The van der Waals surface area contributed by atoms with Crippen LogP contribution >= 0.6 is 0 Å². The van der Waals surface area contributed by atoms with Gasteiger partial charge < -0.3 is 15.2 Å². The first-order valence-electron chi connectivity index (χ1n) is 6.93. The Kier molecular flexibility index (Phi) is 5.60. The predicted octanol–water partition coefficient (Wildman–Crippen LogP) is 1.71. The summed E-state index contributed by atoms with van der Waals surface area (Å²) in [4.78, 5) is 11.9. The van der Waals surface area contributed by atoms with E-state index < -0.39 is 5.60 Å². The van der Waals surface area contributed by atoms with Gasteiger partial charge in [-0.1, -0.05) is 13.8 Å². The van der Waals surface area contributed by atoms with Gasteiger partial charge in [0.15, 0.2) is 0 Å². The van der Waals surface area contributed by atoms with Crippen molar-refractivity contribution in [2.45, 2.75) is 58.7 Å². The number of ether oxygens (including phenoxy) is 1. The first kappa shape index (κ1) is 15.4. The number of carbonyl (C=O) groups is 1. The maximum atomic E-state index is 11.9. The molecule has 3 unspecified atom stereocenters. The summed E-state index contributed by atoms with van der Waals surface area (Å²) < 4.78 is 5.37. The highest BCUT2D eigenvalue weighted by molar-refractivity contribution is 5.79. The predicted molar refractivity (Wildman–Crippen MR) is 71.2 cm³/mol. The van der Waals surface area contributed by atoms with E-state index in [4.69, 9.17) is 4.74 Å². The standard InChI is InChI=1S/C14H27NO3/c1-10(2)5-7-14(4,17)9-15-13(16)12-6-8-18-11(12)3/h10-12,17H,5-9H2,1-4H3,(H,15,16). The Bertz CT molecular complexity index is 276. The summed E-state index contributed by atoms with van der Waals surface area (Å²) in [6.45, 7) is 8.95. The molecule has 4 nitrogen and oxygen atoms in total. The fourth-order valence-corrected chi connectivity index (χ4v) is 2.17. The molecular weight excluding hydrogens is 230 g/mol. The normalized spacial score (nSPS) is 27.2. The van der Waals surface area contributed by atoms with E-state index >= 15 is 0 Å². The van der Waals surface area contributed by atoms with Crippen molar-refractivity contribution < 1.29 is 14.6 Å². The van der Waals surface area contributed by atoms with Crippen molar-refractivity contribution in [3.05, 3.63) is 0 Å². The van der Waals surface area contributed by atoms with Crippen LogP contribution in [0.15, 0.2) is 0 Å². The maximum Gasteiger partial charge on any atom is 0.225 e. The van der Waals surface area contributed by atoms with Crippen molar-refractivity contribution >= 4 is 5.91 Å². The molecule has 1 saturated heterocycles. The fourth-order valence-electron chi connectivity index (χ4n) is 2.17. The zero-order valence-electron chi connectivity index (χ0n) is 12.0. The molecule has 1 rings (SSSR count). The highest BCUT2D eigenvalue weighted by Gasteiger charge is 2.31. The van der Waals surface area contributed by atoms with Crippen molar-refractivity contribution in [1.29, 1.82) is 0 Å². The van der Waals surface area contributed by atoms with E-state index in [1.807, 2.05) is 6.92 Å². The van der Waals surface area contributed by atoms with Gasteiger partial charge in [-0.3, -0.25) is 4.79 Å². The minimum Gasteiger partial charge on any atom is -0.388 e. The average molecular weight is 257 g/mol. The van der Waals surface area contributed by atoms with Gasteiger partial charge >= 0.3 is 0 Å². The average Bonchev–Trinajstić information content (AvgIpc) is 2.70. The second-order valence-corrected chi connectivity index (χ2v) is 6.12. The number of amides is 1. The Balaban J connectivity index is 2.32. The zero-order valence-corrected chi connectivity index (χ0v) is 12.0. The van der Waals surface area contributed by atoms with Gasteiger partial charge in [-0.2, -0.15) is 0 Å². The van der Waals surface area contributed by atoms with E-state index in [1.54, 1.807) is 6.92 Å². The molecule has 2 N–H and O–H groups in total. The van der Waals surface area contributed by atoms with Gasteiger partial charge in [-0.25, -0.2) is 0 Å². The molecular formula is C14H27NO3. The van der Waals surface area contributed by atoms with E-state index in [-0.39, 0.29) is 17.9 Å². The van der Waals surface area contributed by atoms with Crippen molar-refractivity contribution in [3.8, 4) is 0 Å². The van der Waals surface area contributed by atoms with Crippen molar-refractivity contribution in [2.75, 3.05) is 13.2 Å². The maximum absolute atomic E-state index is 11.9. The summed E-state index contributed by atoms with van der Waals surface area (Å²) in [5, 5.41) is 13.0. The van der Waals surface area contributed by atoms with Crippen molar-refractivity contribution in [2.24, 2.45) is 11.8 Å². The molecule has 0 aromatic heterocycles. The monoisotopic (exact) mass is 257 g/mol. The fraction of sp³-hybridized carbons (Fsp3) is 0.929. The third kappa shape index (κ3) is 4.94. The molecule has 3 atom stereocenters. The topological polar surface area (TPSA) is 58.6 Å². The molecule has 1 aliphatic rings. The first-order valence-corrected chi connectivity index (χ1v) is 6.93. The Morgan fingerprint density at radius 3 is 2.72 bits per heavy atom. The van der Waals surface area contributed by atoms with Gasteiger partial charge in [0, 0.05) is 13.2 Å². The Hall–Kier alpha value is -0.610. The molecule has 18 heavy (non-hydrogen) atoms. The lowest BCUT2D eigenvalue weighted by atomic mass is 9.94. The van der Waals surface area contributed by atoms with Crippen LogP contribution in [0, 0.1) is 11.8 Å². The van der Waals surface area contributed by atoms with Crippen LogP contribution in [0.2, 0.25) is 0 Å². The number of aliphatic hydroxyl groups is 1. The highest BCUT2D eigenvalue weighted by Crippen LogP contribution is 2.21. The van der Waals surface area contributed by atoms with Crippen molar-refractivity contribution in [3.63, 3.8) is 0 Å². The van der Waals surface area contributed by atoms with Gasteiger partial charge in [0.2, 0.25) is 5.91 Å². The first-order chi connectivity index (χ1) is 8.32. The molecule has 106 valence electrons. The van der Waals surface area contributed by atoms with Gasteiger partial charge in [0.05, 0.1) is 17.6 Å². The second kappa shape index (κ2) is 6.53. The SMILES string of the molecule is CC(C)CCC(C)(O)CNC(=O)C1CCOC1C. The van der Waals surface area contributed by atoms with E-state index in [0.717, 1.165) is 12.8 Å². The summed E-state index contributed by atoms with van der Waals surface area (Å²) in [6.07, 6.45) is 2.44. The van der Waals surface area contributed by atoms with Crippen LogP contribution in [-0.2, 0) is 9.53 Å². The molecule has 1 heterocycles. The van der Waals surface area contributed by atoms with Gasteiger partial charge in [-0.05, 0) is 39.0 Å². The lowest BCUT2D eigenvalue weighted by Gasteiger charge is -2.25. The minimum atomic E-state index is -0.817. The summed E-state index contributed by atoms with van der Waals surface area (Å²) in [5.41, 5.74) is -0.817. The summed E-state index contributed by atoms with van der Waals surface area (Å²) in [7, 11) is 0. The van der Waals surface area contributed by atoms with E-state index in [1.165, 1.54) is 0 Å². The van der Waals surface area contributed by atoms with Crippen LogP contribution in [0.4, 0.5) is 0 Å². The number of nitrogens with one attached hydrogen (secondary N) is 1. The lowest BCUT2D eigenvalue weighted by molar-refractivity contribution is -0.127. The summed E-state index contributed by atoms with van der Waals surface area (Å²) in [6, 6.07) is 0. The number of carbonyl (C=O) groups excluding carboxylic acids is 1. The molecule has 0 aromatic rings. The van der Waals surface area contributed by atoms with Crippen LogP contribution in [0.5, 0.6) is 0 Å². The molecule has 0 spiro atoms. The smallest absolute Gasteiger partial charge is 0.225 e. The summed E-state index contributed by atoms with van der Waals surface area (Å²) in [5.74, 6) is 0.506. The number of rotatable bonds is 6. The molecule has 4 heteroatoms. The van der Waals surface area contributed by atoms with Crippen molar-refractivity contribution in [1.82, 2.24) is 5.32 Å². The second-order valence-electron chi connectivity index (χ2n) is 6.12. The van der Waals surface area contributed by atoms with Crippen LogP contribution in [-0.4, -0.2) is 35.9 Å². The molecule has 1 aliphatic heterocycles. The Morgan fingerprint density at radius 1 is 1.56 bits per heavy atom. The van der Waals surface area contributed by atoms with E-state index in [0.29, 0.717) is 25.5 Å². The number of hydrogen-bond acceptors (Lipinski definition) is 3. The van der Waals surface area contributed by atoms with E-state index in [9.17, 15) is 9.90 Å². The Labute approximate surface area is 110 Å². The number of hydrogen-bond donors (Lipinski definition) is 2. The van der Waals surface area contributed by atoms with Gasteiger partial charge in [0.25, 0.3) is 0 Å². The van der Waals surface area contributed by atoms with Crippen LogP contribution < -0.4 is 5.32 Å². The molecule has 1 amide bonds. The molecule has 0 radical (unpaired) electrons. The summed E-state index contributed by atoms with van der Waals surface area (Å²) >= 11 is 0. The van der Waals surface area contributed by atoms with Gasteiger partial charge in [-0.15, -0.1) is 0 Å². The largest absolute Gasteiger partial charge is 0.388 e. The third-order valence-corrected chi connectivity index (χ3v) is 3.62. The van der Waals surface area contributed by atoms with Crippen LogP contribution in [0.3, 0.4) is 0 Å². The molecule has 0 bridgehead atoms. The quantitative estimate of drug-likeness (QED) is 0.761. The van der Waals surface area contributed by atoms with E-state index in [2.05, 4.69) is 19.2 Å². The van der Waals surface area contributed by atoms with Crippen LogP contribution in [0.25, 0.3) is 0 Å². The molecule has 0 aromatic carbocycles. The van der Waals surface area contributed by atoms with Gasteiger partial charge in [0.1, 0.15) is 0 Å². The Morgan fingerprint density at radius 2 is 2.22 bits per heavy atom. The molecule has 1 fully saturated rings. The third-order valence-electron chi connectivity index (χ3n) is 3.62. The zero-order chi connectivity index (χ0) is 13.8. The minimum absolute atomic E-state index is 0.00446. The molecule has 0 aliphatic carbocycles.